The van der Waals surface area contributed by atoms with Crippen LogP contribution in [0.5, 0.6) is 0 Å². The Labute approximate surface area is 123 Å². The molecule has 1 aromatic rings. The molecule has 3 heterocycles. The molecule has 0 aromatic carbocycles. The Morgan fingerprint density at radius 1 is 1.35 bits per heavy atom. The van der Waals surface area contributed by atoms with Gasteiger partial charge in [0.1, 0.15) is 5.15 Å². The summed E-state index contributed by atoms with van der Waals surface area (Å²) in [5.41, 5.74) is 1.85. The second-order valence-corrected chi connectivity index (χ2v) is 5.63. The van der Waals surface area contributed by atoms with E-state index in [9.17, 15) is 5.11 Å². The van der Waals surface area contributed by atoms with Crippen molar-refractivity contribution in [1.29, 1.82) is 0 Å². The summed E-state index contributed by atoms with van der Waals surface area (Å²) in [6.07, 6.45) is 3.45. The summed E-state index contributed by atoms with van der Waals surface area (Å²) in [7, 11) is 0. The van der Waals surface area contributed by atoms with Crippen LogP contribution >= 0.6 is 11.6 Å². The Morgan fingerprint density at radius 2 is 2.10 bits per heavy atom. The maximum absolute atomic E-state index is 9.43. The zero-order valence-corrected chi connectivity index (χ0v) is 11.9. The molecule has 1 aromatic heterocycles. The van der Waals surface area contributed by atoms with Crippen LogP contribution in [0.3, 0.4) is 0 Å². The van der Waals surface area contributed by atoms with Crippen molar-refractivity contribution in [2.75, 3.05) is 31.2 Å². The summed E-state index contributed by atoms with van der Waals surface area (Å²) in [6, 6.07) is 1.82. The van der Waals surface area contributed by atoms with Crippen molar-refractivity contribution in [1.82, 2.24) is 4.98 Å². The van der Waals surface area contributed by atoms with E-state index >= 15 is 0 Å². The summed E-state index contributed by atoms with van der Waals surface area (Å²) >= 11 is 5.96. The van der Waals surface area contributed by atoms with Gasteiger partial charge in [-0.3, -0.25) is 0 Å². The molecule has 4 nitrogen and oxygen atoms in total. The number of nitrogens with zero attached hydrogens (tertiary/aromatic N) is 2. The van der Waals surface area contributed by atoms with E-state index in [1.165, 1.54) is 0 Å². The molecule has 0 atom stereocenters. The number of aliphatic hydroxyl groups is 1. The maximum atomic E-state index is 9.43. The molecule has 20 heavy (non-hydrogen) atoms. The molecule has 0 aliphatic carbocycles. The summed E-state index contributed by atoms with van der Waals surface area (Å²) in [5.74, 6) is 6.93. The first-order valence-electron chi connectivity index (χ1n) is 6.90. The lowest BCUT2D eigenvalue weighted by Crippen LogP contribution is -2.51. The molecule has 0 spiro atoms. The van der Waals surface area contributed by atoms with Crippen LogP contribution in [0, 0.1) is 17.8 Å². The Balaban J connectivity index is 1.80. The van der Waals surface area contributed by atoms with Gasteiger partial charge >= 0.3 is 0 Å². The number of hydrogen-bond donors (Lipinski definition) is 1. The Hall–Kier alpha value is -1.28. The van der Waals surface area contributed by atoms with Gasteiger partial charge in [0.2, 0.25) is 0 Å². The second-order valence-electron chi connectivity index (χ2n) is 5.24. The molecule has 0 radical (unpaired) electrons. The third-order valence-corrected chi connectivity index (χ3v) is 3.89. The number of aromatic nitrogens is 1. The number of rotatable bonds is 1. The number of ether oxygens (including phenoxy) is 1. The molecule has 0 unspecified atom stereocenters. The maximum Gasteiger partial charge on any atom is 0.131 e. The van der Waals surface area contributed by atoms with E-state index in [2.05, 4.69) is 21.7 Å². The van der Waals surface area contributed by atoms with Crippen LogP contribution in [0.2, 0.25) is 5.15 Å². The standard InChI is InChI=1S/C15H17ClN2O2/c16-15-7-14(18-9-13(19)10-18)12(8-17-15)2-1-11-3-5-20-6-4-11/h7-8,11,13,19H,3-6,9-10H2. The topological polar surface area (TPSA) is 45.6 Å². The van der Waals surface area contributed by atoms with E-state index in [1.54, 1.807) is 6.20 Å². The number of halogens is 1. The monoisotopic (exact) mass is 292 g/mol. The molecule has 5 heteroatoms. The van der Waals surface area contributed by atoms with Crippen molar-refractivity contribution < 1.29 is 9.84 Å². The fourth-order valence-corrected chi connectivity index (χ4v) is 2.60. The molecule has 0 saturated carbocycles. The van der Waals surface area contributed by atoms with E-state index < -0.39 is 0 Å². The number of anilines is 1. The van der Waals surface area contributed by atoms with Crippen LogP contribution in [-0.4, -0.2) is 42.5 Å². The highest BCUT2D eigenvalue weighted by Crippen LogP contribution is 2.27. The minimum atomic E-state index is -0.252. The van der Waals surface area contributed by atoms with Crippen molar-refractivity contribution >= 4 is 17.3 Å². The Kier molecular flexibility index (Phi) is 4.11. The van der Waals surface area contributed by atoms with E-state index in [0.717, 1.165) is 37.3 Å². The van der Waals surface area contributed by atoms with Crippen molar-refractivity contribution in [3.05, 3.63) is 23.0 Å². The molecule has 2 saturated heterocycles. The molecule has 2 fully saturated rings. The molecular formula is C15H17ClN2O2. The summed E-state index contributed by atoms with van der Waals surface area (Å²) in [5, 5.41) is 9.89. The molecule has 0 amide bonds. The van der Waals surface area contributed by atoms with Gasteiger partial charge in [-0.05, 0) is 12.8 Å². The predicted molar refractivity (Wildman–Crippen MR) is 77.9 cm³/mol. The number of aliphatic hydroxyl groups excluding tert-OH is 1. The van der Waals surface area contributed by atoms with Crippen LogP contribution < -0.4 is 4.90 Å². The highest BCUT2D eigenvalue weighted by molar-refractivity contribution is 6.29. The largest absolute Gasteiger partial charge is 0.389 e. The zero-order valence-electron chi connectivity index (χ0n) is 11.2. The fourth-order valence-electron chi connectivity index (χ4n) is 2.45. The summed E-state index contributed by atoms with van der Waals surface area (Å²) < 4.78 is 5.33. The quantitative estimate of drug-likeness (QED) is 0.632. The number of β-amino-alcohol motifs (C(OH)–C–C–N with tert-alkyl or cyclic N) is 1. The van der Waals surface area contributed by atoms with Crippen LogP contribution in [0.4, 0.5) is 5.69 Å². The van der Waals surface area contributed by atoms with Gasteiger partial charge in [0.25, 0.3) is 0 Å². The van der Waals surface area contributed by atoms with Crippen LogP contribution in [0.25, 0.3) is 0 Å². The normalized spacial score (nSPS) is 20.2. The average molecular weight is 293 g/mol. The van der Waals surface area contributed by atoms with Crippen LogP contribution in [-0.2, 0) is 4.74 Å². The second kappa shape index (κ2) is 6.01. The van der Waals surface area contributed by atoms with Gasteiger partial charge in [-0.15, -0.1) is 0 Å². The van der Waals surface area contributed by atoms with Crippen molar-refractivity contribution in [2.45, 2.75) is 18.9 Å². The molecule has 0 bridgehead atoms. The summed E-state index contributed by atoms with van der Waals surface area (Å²) in [4.78, 5) is 6.19. The first kappa shape index (κ1) is 13.7. The molecule has 2 aliphatic heterocycles. The van der Waals surface area contributed by atoms with Crippen LogP contribution in [0.15, 0.2) is 12.3 Å². The highest BCUT2D eigenvalue weighted by Gasteiger charge is 2.26. The number of pyridine rings is 1. The predicted octanol–water partition coefficient (Wildman–Crippen LogP) is 1.69. The lowest BCUT2D eigenvalue weighted by Gasteiger charge is -2.38. The summed E-state index contributed by atoms with van der Waals surface area (Å²) in [6.45, 7) is 2.85. The first-order chi connectivity index (χ1) is 9.72. The lowest BCUT2D eigenvalue weighted by atomic mass is 10.0. The van der Waals surface area contributed by atoms with Gasteiger partial charge in [-0.25, -0.2) is 4.98 Å². The van der Waals surface area contributed by atoms with Gasteiger partial charge in [0, 0.05) is 44.5 Å². The first-order valence-corrected chi connectivity index (χ1v) is 7.28. The van der Waals surface area contributed by atoms with E-state index in [-0.39, 0.29) is 6.10 Å². The van der Waals surface area contributed by atoms with Gasteiger partial charge in [-0.1, -0.05) is 23.4 Å². The minimum absolute atomic E-state index is 0.252. The molecule has 3 rings (SSSR count). The Morgan fingerprint density at radius 3 is 2.80 bits per heavy atom. The van der Waals surface area contributed by atoms with Gasteiger partial charge in [0.15, 0.2) is 0 Å². The molecular weight excluding hydrogens is 276 g/mol. The molecule has 1 N–H and O–H groups in total. The zero-order chi connectivity index (χ0) is 13.9. The third-order valence-electron chi connectivity index (χ3n) is 3.68. The number of hydrogen-bond acceptors (Lipinski definition) is 4. The van der Waals surface area contributed by atoms with Crippen molar-refractivity contribution in [3.8, 4) is 11.8 Å². The minimum Gasteiger partial charge on any atom is -0.389 e. The van der Waals surface area contributed by atoms with E-state index in [1.807, 2.05) is 6.07 Å². The van der Waals surface area contributed by atoms with E-state index in [4.69, 9.17) is 16.3 Å². The molecule has 106 valence electrons. The van der Waals surface area contributed by atoms with Crippen LogP contribution in [0.1, 0.15) is 18.4 Å². The van der Waals surface area contributed by atoms with Gasteiger partial charge < -0.3 is 14.7 Å². The lowest BCUT2D eigenvalue weighted by molar-refractivity contribution is 0.0807. The fraction of sp³-hybridized carbons (Fsp3) is 0.533. The third kappa shape index (κ3) is 3.06. The SMILES string of the molecule is OC1CN(c2cc(Cl)ncc2C#CC2CCOCC2)C1. The van der Waals surface area contributed by atoms with Gasteiger partial charge in [-0.2, -0.15) is 0 Å². The van der Waals surface area contributed by atoms with Crippen molar-refractivity contribution in [3.63, 3.8) is 0 Å². The molecule has 2 aliphatic rings. The van der Waals surface area contributed by atoms with Crippen molar-refractivity contribution in [2.24, 2.45) is 5.92 Å². The smallest absolute Gasteiger partial charge is 0.131 e. The van der Waals surface area contributed by atoms with Gasteiger partial charge in [0.05, 0.1) is 17.4 Å². The van der Waals surface area contributed by atoms with E-state index in [0.29, 0.717) is 24.2 Å². The highest BCUT2D eigenvalue weighted by atomic mass is 35.5. The Bertz CT molecular complexity index is 541. The average Bonchev–Trinajstić information content (AvgIpc) is 2.44.